The second-order valence-corrected chi connectivity index (χ2v) is 4.42. The molecule has 1 atom stereocenters. The summed E-state index contributed by atoms with van der Waals surface area (Å²) in [5.41, 5.74) is 9.31. The van der Waals surface area contributed by atoms with E-state index < -0.39 is 0 Å². The highest BCUT2D eigenvalue weighted by molar-refractivity contribution is 5.16. The van der Waals surface area contributed by atoms with E-state index in [4.69, 9.17) is 5.73 Å². The molecule has 0 aliphatic carbocycles. The third-order valence-corrected chi connectivity index (χ3v) is 2.98. The molecule has 0 radical (unpaired) electrons. The maximum Gasteiger partial charge on any atom is 0.0846 e. The summed E-state index contributed by atoms with van der Waals surface area (Å²) in [5, 5.41) is 12.5. The maximum atomic E-state index is 6.24. The summed E-state index contributed by atoms with van der Waals surface area (Å²) >= 11 is 0. The summed E-state index contributed by atoms with van der Waals surface area (Å²) < 4.78 is 3.66. The zero-order valence-electron chi connectivity index (χ0n) is 11.2. The standard InChI is InChI=1S/C12H20N6/c1-4-9-7-12(18(5-2)15-9)11(13)6-10-8-17(3)16-14-10/h7-8,11H,4-6,13H2,1-3H3. The minimum Gasteiger partial charge on any atom is -0.322 e. The molecule has 0 aliphatic rings. The molecule has 0 saturated heterocycles. The van der Waals surface area contributed by atoms with Gasteiger partial charge < -0.3 is 5.73 Å². The van der Waals surface area contributed by atoms with Crippen molar-refractivity contribution in [2.24, 2.45) is 12.8 Å². The molecular formula is C12H20N6. The first-order valence-electron chi connectivity index (χ1n) is 6.31. The molecule has 0 fully saturated rings. The van der Waals surface area contributed by atoms with Crippen LogP contribution in [0.1, 0.15) is 37.0 Å². The fourth-order valence-corrected chi connectivity index (χ4v) is 2.03. The summed E-state index contributed by atoms with van der Waals surface area (Å²) in [7, 11) is 1.85. The van der Waals surface area contributed by atoms with Crippen molar-refractivity contribution in [2.75, 3.05) is 0 Å². The normalized spacial score (nSPS) is 12.9. The second-order valence-electron chi connectivity index (χ2n) is 4.42. The van der Waals surface area contributed by atoms with Crippen LogP contribution in [0.5, 0.6) is 0 Å². The Morgan fingerprint density at radius 3 is 2.67 bits per heavy atom. The Bertz CT molecular complexity index is 512. The Hall–Kier alpha value is -1.69. The Balaban J connectivity index is 2.17. The number of hydrogen-bond donors (Lipinski definition) is 1. The quantitative estimate of drug-likeness (QED) is 0.850. The first-order valence-corrected chi connectivity index (χ1v) is 6.31. The van der Waals surface area contributed by atoms with Crippen molar-refractivity contribution in [3.63, 3.8) is 0 Å². The van der Waals surface area contributed by atoms with Crippen LogP contribution in [0.2, 0.25) is 0 Å². The van der Waals surface area contributed by atoms with Gasteiger partial charge in [0.2, 0.25) is 0 Å². The molecule has 18 heavy (non-hydrogen) atoms. The molecule has 2 aromatic rings. The predicted molar refractivity (Wildman–Crippen MR) is 68.9 cm³/mol. The van der Waals surface area contributed by atoms with Gasteiger partial charge in [0.25, 0.3) is 0 Å². The molecule has 0 spiro atoms. The molecule has 2 rings (SSSR count). The first-order chi connectivity index (χ1) is 8.63. The van der Waals surface area contributed by atoms with E-state index in [1.807, 2.05) is 17.9 Å². The van der Waals surface area contributed by atoms with Gasteiger partial charge in [0, 0.05) is 26.2 Å². The lowest BCUT2D eigenvalue weighted by Crippen LogP contribution is -2.18. The Kier molecular flexibility index (Phi) is 3.76. The molecule has 6 nitrogen and oxygen atoms in total. The SMILES string of the molecule is CCc1cc(C(N)Cc2cn(C)nn2)n(CC)n1. The lowest BCUT2D eigenvalue weighted by Gasteiger charge is -2.11. The van der Waals surface area contributed by atoms with Crippen LogP contribution < -0.4 is 5.73 Å². The van der Waals surface area contributed by atoms with E-state index in [9.17, 15) is 0 Å². The number of nitrogens with zero attached hydrogens (tertiary/aromatic N) is 5. The van der Waals surface area contributed by atoms with Crippen molar-refractivity contribution < 1.29 is 0 Å². The van der Waals surface area contributed by atoms with Gasteiger partial charge in [-0.1, -0.05) is 12.1 Å². The summed E-state index contributed by atoms with van der Waals surface area (Å²) in [6.07, 6.45) is 3.51. The smallest absolute Gasteiger partial charge is 0.0846 e. The van der Waals surface area contributed by atoms with Crippen LogP contribution in [0.15, 0.2) is 12.3 Å². The topological polar surface area (TPSA) is 74.6 Å². The van der Waals surface area contributed by atoms with Crippen LogP contribution in [-0.4, -0.2) is 24.8 Å². The van der Waals surface area contributed by atoms with Gasteiger partial charge in [0.1, 0.15) is 0 Å². The van der Waals surface area contributed by atoms with E-state index in [2.05, 4.69) is 35.3 Å². The van der Waals surface area contributed by atoms with Gasteiger partial charge >= 0.3 is 0 Å². The van der Waals surface area contributed by atoms with Gasteiger partial charge in [-0.25, -0.2) is 0 Å². The Morgan fingerprint density at radius 1 is 1.33 bits per heavy atom. The first kappa shape index (κ1) is 12.8. The van der Waals surface area contributed by atoms with Gasteiger partial charge in [0.05, 0.1) is 23.1 Å². The number of hydrogen-bond acceptors (Lipinski definition) is 4. The number of rotatable bonds is 5. The van der Waals surface area contributed by atoms with Gasteiger partial charge in [-0.3, -0.25) is 9.36 Å². The highest BCUT2D eigenvalue weighted by atomic mass is 15.4. The van der Waals surface area contributed by atoms with Crippen LogP contribution >= 0.6 is 0 Å². The van der Waals surface area contributed by atoms with Crippen molar-refractivity contribution in [1.29, 1.82) is 0 Å². The molecule has 2 aromatic heterocycles. The van der Waals surface area contributed by atoms with Gasteiger partial charge in [-0.15, -0.1) is 5.10 Å². The molecule has 6 heteroatoms. The fraction of sp³-hybridized carbons (Fsp3) is 0.583. The Morgan fingerprint density at radius 2 is 2.11 bits per heavy atom. The molecule has 2 heterocycles. The Labute approximate surface area is 107 Å². The number of aromatic nitrogens is 5. The van der Waals surface area contributed by atoms with Crippen LogP contribution in [-0.2, 0) is 26.4 Å². The van der Waals surface area contributed by atoms with Crippen molar-refractivity contribution in [2.45, 2.75) is 39.3 Å². The van der Waals surface area contributed by atoms with E-state index in [-0.39, 0.29) is 6.04 Å². The monoisotopic (exact) mass is 248 g/mol. The van der Waals surface area contributed by atoms with E-state index >= 15 is 0 Å². The van der Waals surface area contributed by atoms with Crippen molar-refractivity contribution in [1.82, 2.24) is 24.8 Å². The van der Waals surface area contributed by atoms with Crippen LogP contribution in [0, 0.1) is 0 Å². The van der Waals surface area contributed by atoms with Gasteiger partial charge in [0.15, 0.2) is 0 Å². The lowest BCUT2D eigenvalue weighted by molar-refractivity contribution is 0.561. The van der Waals surface area contributed by atoms with Crippen molar-refractivity contribution in [3.8, 4) is 0 Å². The van der Waals surface area contributed by atoms with E-state index in [0.29, 0.717) is 6.42 Å². The molecule has 0 bridgehead atoms. The largest absolute Gasteiger partial charge is 0.322 e. The predicted octanol–water partition coefficient (Wildman–Crippen LogP) is 0.836. The number of aryl methyl sites for hydroxylation is 3. The highest BCUT2D eigenvalue weighted by Gasteiger charge is 2.15. The maximum absolute atomic E-state index is 6.24. The minimum absolute atomic E-state index is 0.0885. The summed E-state index contributed by atoms with van der Waals surface area (Å²) in [4.78, 5) is 0. The summed E-state index contributed by atoms with van der Waals surface area (Å²) in [6.45, 7) is 5.01. The third kappa shape index (κ3) is 2.59. The van der Waals surface area contributed by atoms with E-state index in [0.717, 1.165) is 30.0 Å². The van der Waals surface area contributed by atoms with Gasteiger partial charge in [-0.2, -0.15) is 5.10 Å². The summed E-state index contributed by atoms with van der Waals surface area (Å²) in [5.74, 6) is 0. The van der Waals surface area contributed by atoms with Gasteiger partial charge in [-0.05, 0) is 19.4 Å². The molecule has 1 unspecified atom stereocenters. The molecule has 2 N–H and O–H groups in total. The average molecular weight is 248 g/mol. The van der Waals surface area contributed by atoms with E-state index in [1.54, 1.807) is 4.68 Å². The fourth-order valence-electron chi connectivity index (χ4n) is 2.03. The molecule has 0 amide bonds. The van der Waals surface area contributed by atoms with Crippen molar-refractivity contribution >= 4 is 0 Å². The number of nitrogens with two attached hydrogens (primary N) is 1. The second kappa shape index (κ2) is 5.30. The van der Waals surface area contributed by atoms with Crippen molar-refractivity contribution in [3.05, 3.63) is 29.3 Å². The van der Waals surface area contributed by atoms with E-state index in [1.165, 1.54) is 0 Å². The zero-order chi connectivity index (χ0) is 13.1. The molecule has 0 saturated carbocycles. The molecule has 98 valence electrons. The van der Waals surface area contributed by atoms with Crippen LogP contribution in [0.25, 0.3) is 0 Å². The molecular weight excluding hydrogens is 228 g/mol. The third-order valence-electron chi connectivity index (χ3n) is 2.98. The zero-order valence-corrected chi connectivity index (χ0v) is 11.2. The summed E-state index contributed by atoms with van der Waals surface area (Å²) in [6, 6.07) is 2.00. The molecule has 0 aliphatic heterocycles. The van der Waals surface area contributed by atoms with Crippen LogP contribution in [0.4, 0.5) is 0 Å². The lowest BCUT2D eigenvalue weighted by atomic mass is 10.1. The minimum atomic E-state index is -0.0885. The highest BCUT2D eigenvalue weighted by Crippen LogP contribution is 2.16. The molecule has 0 aromatic carbocycles. The van der Waals surface area contributed by atoms with Crippen LogP contribution in [0.3, 0.4) is 0 Å². The average Bonchev–Trinajstić information content (AvgIpc) is 2.95.